The number of alkyl halides is 3. The minimum Gasteiger partial charge on any atom is -0.326 e. The van der Waals surface area contributed by atoms with Gasteiger partial charge in [-0.1, -0.05) is 55.3 Å². The van der Waals surface area contributed by atoms with E-state index in [1.165, 1.54) is 31.9 Å². The highest BCUT2D eigenvalue weighted by atomic mass is 19.4. The van der Waals surface area contributed by atoms with E-state index in [1.807, 2.05) is 24.4 Å². The number of carbonyl (C=O) groups excluding carboxylic acids is 1. The van der Waals surface area contributed by atoms with Crippen molar-refractivity contribution in [2.75, 3.05) is 16.8 Å². The fourth-order valence-electron chi connectivity index (χ4n) is 6.57. The lowest BCUT2D eigenvalue weighted by Gasteiger charge is -2.34. The second kappa shape index (κ2) is 11.8. The molecule has 1 saturated carbocycles. The summed E-state index contributed by atoms with van der Waals surface area (Å²) < 4.78 is 40.3. The molecule has 4 aromatic rings. The number of pyridine rings is 1. The smallest absolute Gasteiger partial charge is 0.326 e. The van der Waals surface area contributed by atoms with E-state index in [0.717, 1.165) is 59.7 Å². The first kappa shape index (κ1) is 28.2. The summed E-state index contributed by atoms with van der Waals surface area (Å²) in [5.74, 6) is 0.267. The average Bonchev–Trinajstić information content (AvgIpc) is 3.53. The maximum Gasteiger partial charge on any atom is 0.416 e. The molecule has 0 unspecified atom stereocenters. The number of amides is 1. The van der Waals surface area contributed by atoms with Crippen molar-refractivity contribution < 1.29 is 18.0 Å². The molecular formula is C34H35F3N4O. The number of fused-ring (bicyclic) bond motifs is 1. The quantitative estimate of drug-likeness (QED) is 0.244. The lowest BCUT2D eigenvalue weighted by molar-refractivity contribution is -0.138. The third-order valence-electron chi connectivity index (χ3n) is 8.71. The number of hydrogen-bond acceptors (Lipinski definition) is 4. The molecule has 1 amide bonds. The lowest BCUT2D eigenvalue weighted by atomic mass is 9.85. The van der Waals surface area contributed by atoms with Gasteiger partial charge in [-0.25, -0.2) is 4.98 Å². The summed E-state index contributed by atoms with van der Waals surface area (Å²) in [7, 11) is 0. The van der Waals surface area contributed by atoms with Crippen LogP contribution >= 0.6 is 0 Å². The van der Waals surface area contributed by atoms with E-state index in [2.05, 4.69) is 51.9 Å². The number of halogens is 3. The van der Waals surface area contributed by atoms with Crippen LogP contribution in [0.15, 0.2) is 79.0 Å². The van der Waals surface area contributed by atoms with Gasteiger partial charge in [0, 0.05) is 35.0 Å². The number of piperidine rings is 1. The number of nitrogens with one attached hydrogen (secondary N) is 2. The lowest BCUT2D eigenvalue weighted by Crippen LogP contribution is -2.40. The van der Waals surface area contributed by atoms with E-state index >= 15 is 0 Å². The molecule has 218 valence electrons. The highest BCUT2D eigenvalue weighted by Crippen LogP contribution is 2.39. The van der Waals surface area contributed by atoms with Crippen LogP contribution in [0.25, 0.3) is 10.8 Å². The highest BCUT2D eigenvalue weighted by Gasteiger charge is 2.35. The Morgan fingerprint density at radius 1 is 0.952 bits per heavy atom. The molecule has 1 aromatic heterocycles. The fourth-order valence-corrected chi connectivity index (χ4v) is 6.57. The van der Waals surface area contributed by atoms with Gasteiger partial charge >= 0.3 is 6.18 Å². The van der Waals surface area contributed by atoms with Gasteiger partial charge in [-0.3, -0.25) is 4.79 Å². The van der Waals surface area contributed by atoms with Crippen LogP contribution in [0.2, 0.25) is 0 Å². The average molecular weight is 573 g/mol. The van der Waals surface area contributed by atoms with Crippen molar-refractivity contribution in [2.24, 2.45) is 5.92 Å². The fraction of sp³-hybridized carbons (Fsp3) is 0.353. The second-order valence-electron chi connectivity index (χ2n) is 11.5. The van der Waals surface area contributed by atoms with Crippen LogP contribution in [0.4, 0.5) is 30.4 Å². The van der Waals surface area contributed by atoms with Gasteiger partial charge in [-0.15, -0.1) is 0 Å². The summed E-state index contributed by atoms with van der Waals surface area (Å²) in [5, 5.41) is 8.52. The molecule has 8 heteroatoms. The number of aromatic nitrogens is 1. The molecule has 1 aliphatic carbocycles. The Hall–Kier alpha value is -3.91. The van der Waals surface area contributed by atoms with Crippen LogP contribution < -0.4 is 15.5 Å². The van der Waals surface area contributed by atoms with E-state index in [1.54, 1.807) is 0 Å². The molecule has 2 aliphatic rings. The molecule has 5 nitrogen and oxygen atoms in total. The van der Waals surface area contributed by atoms with Crippen LogP contribution in [0.5, 0.6) is 0 Å². The molecule has 1 saturated heterocycles. The van der Waals surface area contributed by atoms with Crippen molar-refractivity contribution in [3.8, 4) is 0 Å². The first-order valence-electron chi connectivity index (χ1n) is 14.7. The van der Waals surface area contributed by atoms with Crippen molar-refractivity contribution in [1.82, 2.24) is 10.3 Å². The van der Waals surface area contributed by atoms with Gasteiger partial charge < -0.3 is 15.5 Å². The zero-order valence-electron chi connectivity index (χ0n) is 23.6. The first-order valence-corrected chi connectivity index (χ1v) is 14.7. The monoisotopic (exact) mass is 572 g/mol. The molecule has 1 aliphatic heterocycles. The Labute approximate surface area is 244 Å². The Bertz CT molecular complexity index is 1560. The first-order chi connectivity index (χ1) is 20.3. The van der Waals surface area contributed by atoms with Crippen LogP contribution in [0, 0.1) is 12.8 Å². The standard InChI is InChI=1S/C34H35F3N4O/c1-22-12-15-25(21-30(22)34(35,36)37)40-33(42)29-11-6-19-38-31(29)24-13-16-27(17-14-24)41(26-8-3-4-9-26)32-28-10-5-2-7-23(28)18-20-39-32/h2,5,7,10,12-18,20-21,26,29,31,38H,3-4,6,8-9,11,19H2,1H3,(H,40,42)/t29-,31-/m0/s1. The van der Waals surface area contributed by atoms with Crippen molar-refractivity contribution in [3.63, 3.8) is 0 Å². The molecule has 2 N–H and O–H groups in total. The van der Waals surface area contributed by atoms with E-state index in [9.17, 15) is 18.0 Å². The van der Waals surface area contributed by atoms with E-state index in [4.69, 9.17) is 4.98 Å². The molecule has 6 rings (SSSR count). The van der Waals surface area contributed by atoms with Crippen molar-refractivity contribution in [2.45, 2.75) is 63.7 Å². The summed E-state index contributed by atoms with van der Waals surface area (Å²) >= 11 is 0. The number of aryl methyl sites for hydroxylation is 1. The highest BCUT2D eigenvalue weighted by molar-refractivity contribution is 5.94. The van der Waals surface area contributed by atoms with E-state index < -0.39 is 17.7 Å². The molecule has 2 heterocycles. The van der Waals surface area contributed by atoms with Crippen LogP contribution in [-0.4, -0.2) is 23.5 Å². The third kappa shape index (κ3) is 5.73. The van der Waals surface area contributed by atoms with Crippen LogP contribution in [0.1, 0.15) is 61.3 Å². The zero-order valence-corrected chi connectivity index (χ0v) is 23.6. The largest absolute Gasteiger partial charge is 0.416 e. The number of hydrogen-bond donors (Lipinski definition) is 2. The van der Waals surface area contributed by atoms with Crippen molar-refractivity contribution in [1.29, 1.82) is 0 Å². The topological polar surface area (TPSA) is 57.3 Å². The van der Waals surface area contributed by atoms with Crippen LogP contribution in [0.3, 0.4) is 0 Å². The number of rotatable bonds is 6. The molecule has 2 atom stereocenters. The van der Waals surface area contributed by atoms with Gasteiger partial charge in [-0.05, 0) is 86.0 Å². The molecule has 0 radical (unpaired) electrons. The Morgan fingerprint density at radius 3 is 2.48 bits per heavy atom. The number of anilines is 3. The summed E-state index contributed by atoms with van der Waals surface area (Å²) in [6, 6.07) is 22.8. The maximum absolute atomic E-state index is 13.4. The Morgan fingerprint density at radius 2 is 1.71 bits per heavy atom. The number of benzene rings is 3. The van der Waals surface area contributed by atoms with Gasteiger partial charge in [0.15, 0.2) is 0 Å². The molecule has 0 bridgehead atoms. The second-order valence-corrected chi connectivity index (χ2v) is 11.5. The van der Waals surface area contributed by atoms with Crippen LogP contribution in [-0.2, 0) is 11.0 Å². The minimum absolute atomic E-state index is 0.128. The summed E-state index contributed by atoms with van der Waals surface area (Å²) in [4.78, 5) is 20.6. The van der Waals surface area contributed by atoms with Gasteiger partial charge in [0.05, 0.1) is 11.5 Å². The van der Waals surface area contributed by atoms with Crippen molar-refractivity contribution >= 4 is 33.9 Å². The molecular weight excluding hydrogens is 537 g/mol. The zero-order chi connectivity index (χ0) is 29.3. The Balaban J connectivity index is 1.27. The predicted molar refractivity (Wildman–Crippen MR) is 161 cm³/mol. The van der Waals surface area contributed by atoms with Crippen molar-refractivity contribution in [3.05, 3.63) is 95.7 Å². The van der Waals surface area contributed by atoms with E-state index in [0.29, 0.717) is 12.5 Å². The molecule has 2 fully saturated rings. The minimum atomic E-state index is -4.48. The Kier molecular flexibility index (Phi) is 7.90. The van der Waals surface area contributed by atoms with E-state index in [-0.39, 0.29) is 23.2 Å². The normalized spacial score (nSPS) is 19.6. The summed E-state index contributed by atoms with van der Waals surface area (Å²) in [5.41, 5.74) is 1.60. The van der Waals surface area contributed by atoms with Gasteiger partial charge in [0.25, 0.3) is 0 Å². The third-order valence-corrected chi connectivity index (χ3v) is 8.71. The molecule has 42 heavy (non-hydrogen) atoms. The SMILES string of the molecule is Cc1ccc(NC(=O)[C@H]2CCCN[C@H]2c2ccc(N(c3nccc4ccccc34)C3CCCC3)cc2)cc1C(F)(F)F. The van der Waals surface area contributed by atoms with Gasteiger partial charge in [0.1, 0.15) is 5.82 Å². The maximum atomic E-state index is 13.4. The predicted octanol–water partition coefficient (Wildman–Crippen LogP) is 8.32. The molecule has 3 aromatic carbocycles. The van der Waals surface area contributed by atoms with Gasteiger partial charge in [0.2, 0.25) is 5.91 Å². The summed E-state index contributed by atoms with van der Waals surface area (Å²) in [6.07, 6.45) is 3.46. The summed E-state index contributed by atoms with van der Waals surface area (Å²) in [6.45, 7) is 2.19. The number of carbonyl (C=O) groups is 1. The molecule has 0 spiro atoms. The van der Waals surface area contributed by atoms with Gasteiger partial charge in [-0.2, -0.15) is 13.2 Å². The number of nitrogens with zero attached hydrogens (tertiary/aromatic N) is 2.